The largest absolute Gasteiger partial charge is 0.331 e. The van der Waals surface area contributed by atoms with Crippen molar-refractivity contribution >= 4 is 37.2 Å². The molecule has 0 fully saturated rings. The van der Waals surface area contributed by atoms with Crippen LogP contribution in [0.2, 0.25) is 0 Å². The molecule has 6 nitrogen and oxygen atoms in total. The Bertz CT molecular complexity index is 1090. The molecular formula is C16H18N4O2S2. The van der Waals surface area contributed by atoms with Crippen molar-refractivity contribution in [3.8, 4) is 0 Å². The summed E-state index contributed by atoms with van der Waals surface area (Å²) in [5.74, 6) is 0. The molecular weight excluding hydrogens is 344 g/mol. The molecule has 0 radical (unpaired) electrons. The van der Waals surface area contributed by atoms with E-state index in [-0.39, 0.29) is 5.03 Å². The van der Waals surface area contributed by atoms with Crippen LogP contribution in [-0.4, -0.2) is 28.3 Å². The summed E-state index contributed by atoms with van der Waals surface area (Å²) in [7, 11) is -3.68. The lowest BCUT2D eigenvalue weighted by atomic mass is 10.3. The monoisotopic (exact) mass is 362 g/mol. The van der Waals surface area contributed by atoms with Crippen LogP contribution in [0.25, 0.3) is 15.9 Å². The Morgan fingerprint density at radius 1 is 1.21 bits per heavy atom. The minimum Gasteiger partial charge on any atom is -0.331 e. The van der Waals surface area contributed by atoms with E-state index < -0.39 is 10.0 Å². The summed E-state index contributed by atoms with van der Waals surface area (Å²) in [6.07, 6.45) is 3.32. The Morgan fingerprint density at radius 2 is 1.92 bits per heavy atom. The number of para-hydroxylation sites is 1. The lowest BCUT2D eigenvalue weighted by Crippen LogP contribution is -2.14. The van der Waals surface area contributed by atoms with Gasteiger partial charge in [0.2, 0.25) is 0 Å². The third-order valence-electron chi connectivity index (χ3n) is 3.45. The lowest BCUT2D eigenvalue weighted by Gasteiger charge is -2.07. The quantitative estimate of drug-likeness (QED) is 0.594. The Balaban J connectivity index is 0.000000526. The van der Waals surface area contributed by atoms with Gasteiger partial charge < -0.3 is 5.73 Å². The number of nitrogens with zero attached hydrogens (tertiary/aromatic N) is 3. The lowest BCUT2D eigenvalue weighted by molar-refractivity contribution is 0.583. The van der Waals surface area contributed by atoms with Crippen molar-refractivity contribution in [3.63, 3.8) is 0 Å². The van der Waals surface area contributed by atoms with Gasteiger partial charge in [0.05, 0.1) is 11.2 Å². The maximum atomic E-state index is 13.0. The van der Waals surface area contributed by atoms with Crippen LogP contribution in [0.15, 0.2) is 53.1 Å². The van der Waals surface area contributed by atoms with Gasteiger partial charge in [-0.15, -0.1) is 11.3 Å². The third kappa shape index (κ3) is 2.62. The summed E-state index contributed by atoms with van der Waals surface area (Å²) >= 11 is 1.42. The van der Waals surface area contributed by atoms with Crippen molar-refractivity contribution in [1.29, 1.82) is 0 Å². The maximum absolute atomic E-state index is 13.0. The smallest absolute Gasteiger partial charge is 0.286 e. The van der Waals surface area contributed by atoms with Crippen LogP contribution >= 0.6 is 11.3 Å². The van der Waals surface area contributed by atoms with Crippen LogP contribution in [0.1, 0.15) is 12.6 Å². The second kappa shape index (κ2) is 6.39. The molecule has 4 rings (SSSR count). The minimum atomic E-state index is -3.68. The zero-order chi connectivity index (χ0) is 17.3. The second-order valence-electron chi connectivity index (χ2n) is 5.14. The fourth-order valence-electron chi connectivity index (χ4n) is 2.54. The van der Waals surface area contributed by atoms with Gasteiger partial charge in [0.25, 0.3) is 10.0 Å². The topological polar surface area (TPSA) is 82.4 Å². The number of imidazole rings is 1. The van der Waals surface area contributed by atoms with Gasteiger partial charge in [-0.05, 0) is 25.6 Å². The van der Waals surface area contributed by atoms with Crippen molar-refractivity contribution in [1.82, 2.24) is 13.4 Å². The van der Waals surface area contributed by atoms with E-state index in [2.05, 4.69) is 4.98 Å². The normalized spacial score (nSPS) is 11.6. The summed E-state index contributed by atoms with van der Waals surface area (Å²) < 4.78 is 29.0. The highest BCUT2D eigenvalue weighted by Gasteiger charge is 2.26. The Morgan fingerprint density at radius 3 is 2.67 bits per heavy atom. The molecule has 0 bridgehead atoms. The van der Waals surface area contributed by atoms with Gasteiger partial charge in [-0.1, -0.05) is 25.1 Å². The number of nitrogens with two attached hydrogens (primary N) is 1. The summed E-state index contributed by atoms with van der Waals surface area (Å²) in [6, 6.07) is 9.21. The van der Waals surface area contributed by atoms with Crippen molar-refractivity contribution in [2.24, 2.45) is 5.73 Å². The number of benzene rings is 1. The Labute approximate surface area is 144 Å². The van der Waals surface area contributed by atoms with E-state index in [9.17, 15) is 8.42 Å². The summed E-state index contributed by atoms with van der Waals surface area (Å²) in [4.78, 5) is 5.00. The Kier molecular flexibility index (Phi) is 4.44. The number of aromatic nitrogens is 3. The third-order valence-corrected chi connectivity index (χ3v) is 6.02. The van der Waals surface area contributed by atoms with Crippen LogP contribution < -0.4 is 5.73 Å². The van der Waals surface area contributed by atoms with Crippen molar-refractivity contribution < 1.29 is 8.42 Å². The van der Waals surface area contributed by atoms with Gasteiger partial charge in [0.1, 0.15) is 0 Å². The van der Waals surface area contributed by atoms with E-state index in [1.54, 1.807) is 35.9 Å². The zero-order valence-corrected chi connectivity index (χ0v) is 15.0. The molecule has 126 valence electrons. The number of fused-ring (bicyclic) bond motifs is 2. The van der Waals surface area contributed by atoms with E-state index in [0.29, 0.717) is 16.2 Å². The first-order chi connectivity index (χ1) is 11.5. The highest BCUT2D eigenvalue weighted by atomic mass is 32.2. The molecule has 0 spiro atoms. The zero-order valence-electron chi connectivity index (χ0n) is 13.4. The van der Waals surface area contributed by atoms with Gasteiger partial charge in [0.15, 0.2) is 9.99 Å². The van der Waals surface area contributed by atoms with Gasteiger partial charge >= 0.3 is 0 Å². The molecule has 0 aliphatic carbocycles. The van der Waals surface area contributed by atoms with Crippen LogP contribution in [-0.2, 0) is 10.0 Å². The fraction of sp³-hybridized carbons (Fsp3) is 0.188. The molecule has 8 heteroatoms. The number of rotatable bonds is 2. The predicted octanol–water partition coefficient (Wildman–Crippen LogP) is 2.86. The van der Waals surface area contributed by atoms with Gasteiger partial charge in [-0.25, -0.2) is 8.96 Å². The van der Waals surface area contributed by atoms with E-state index in [1.807, 2.05) is 30.5 Å². The van der Waals surface area contributed by atoms with E-state index in [4.69, 9.17) is 5.73 Å². The summed E-state index contributed by atoms with van der Waals surface area (Å²) in [6.45, 7) is 4.37. The first kappa shape index (κ1) is 16.7. The molecule has 0 saturated heterocycles. The molecule has 4 aromatic rings. The molecule has 24 heavy (non-hydrogen) atoms. The second-order valence-corrected chi connectivity index (χ2v) is 7.74. The van der Waals surface area contributed by atoms with E-state index >= 15 is 0 Å². The molecule has 0 aliphatic heterocycles. The molecule has 3 heterocycles. The average Bonchev–Trinajstić information content (AvgIpc) is 3.20. The maximum Gasteiger partial charge on any atom is 0.286 e. The number of aryl methyl sites for hydroxylation is 1. The molecule has 0 aliphatic rings. The number of hydrogen-bond donors (Lipinski definition) is 1. The van der Waals surface area contributed by atoms with Crippen LogP contribution in [0.4, 0.5) is 0 Å². The molecule has 2 N–H and O–H groups in total. The number of thiazole rings is 1. The van der Waals surface area contributed by atoms with Gasteiger partial charge in [-0.3, -0.25) is 4.40 Å². The first-order valence-electron chi connectivity index (χ1n) is 7.44. The molecule has 1 aromatic carbocycles. The average molecular weight is 362 g/mol. The molecule has 0 atom stereocenters. The van der Waals surface area contributed by atoms with Crippen molar-refractivity contribution in [2.75, 3.05) is 6.54 Å². The summed E-state index contributed by atoms with van der Waals surface area (Å²) in [5, 5.41) is 2.94. The molecule has 3 aromatic heterocycles. The predicted molar refractivity (Wildman–Crippen MR) is 97.1 cm³/mol. The van der Waals surface area contributed by atoms with Gasteiger partial charge in [0, 0.05) is 23.2 Å². The van der Waals surface area contributed by atoms with Crippen molar-refractivity contribution in [2.45, 2.75) is 18.9 Å². The minimum absolute atomic E-state index is 0.222. The molecule has 0 unspecified atom stereocenters. The molecule has 0 saturated carbocycles. The highest BCUT2D eigenvalue weighted by Crippen LogP contribution is 2.26. The summed E-state index contributed by atoms with van der Waals surface area (Å²) in [5.41, 5.74) is 6.03. The van der Waals surface area contributed by atoms with Crippen LogP contribution in [0.3, 0.4) is 0 Å². The fourth-order valence-corrected chi connectivity index (χ4v) is 5.01. The van der Waals surface area contributed by atoms with Gasteiger partial charge in [-0.2, -0.15) is 8.42 Å². The van der Waals surface area contributed by atoms with Crippen LogP contribution in [0, 0.1) is 6.92 Å². The Hall–Kier alpha value is -2.16. The van der Waals surface area contributed by atoms with Crippen molar-refractivity contribution in [3.05, 3.63) is 53.8 Å². The number of hydrogen-bond acceptors (Lipinski definition) is 5. The first-order valence-corrected chi connectivity index (χ1v) is 9.76. The van der Waals surface area contributed by atoms with E-state index in [0.717, 1.165) is 11.9 Å². The standard InChI is InChI=1S/C14H11N3O2S2.C2H7N/c1-10-13(16-8-9-20-14(16)15-10)21(18,19)17-7-6-11-4-2-3-5-12(11)17;1-2-3/h2-9H,1H3;2-3H2,1H3. The highest BCUT2D eigenvalue weighted by molar-refractivity contribution is 7.90. The van der Waals surface area contributed by atoms with Crippen LogP contribution in [0.5, 0.6) is 0 Å². The SMILES string of the molecule is CCN.Cc1nc2sccn2c1S(=O)(=O)n1ccc2ccccc21. The van der Waals surface area contributed by atoms with E-state index in [1.165, 1.54) is 15.3 Å². The molecule has 0 amide bonds.